The molecule has 0 heterocycles. The summed E-state index contributed by atoms with van der Waals surface area (Å²) < 4.78 is 0. The van der Waals surface area contributed by atoms with Crippen LogP contribution in [0.4, 0.5) is 0 Å². The predicted molar refractivity (Wildman–Crippen MR) is 43.4 cm³/mol. The van der Waals surface area contributed by atoms with Gasteiger partial charge in [-0.1, -0.05) is 17.7 Å². The highest BCUT2D eigenvalue weighted by molar-refractivity contribution is 5.92. The third-order valence-electron chi connectivity index (χ3n) is 1.30. The SMILES string of the molecule is CC1=CCC(=[N+]=[N-])C=C1.Cl. The number of rotatable bonds is 0. The molecule has 0 aliphatic heterocycles. The van der Waals surface area contributed by atoms with Crippen LogP contribution in [0.25, 0.3) is 5.53 Å². The second-order valence-corrected chi connectivity index (χ2v) is 2.08. The van der Waals surface area contributed by atoms with Gasteiger partial charge < -0.3 is 5.53 Å². The molecule has 54 valence electrons. The van der Waals surface area contributed by atoms with Gasteiger partial charge in [0, 0.05) is 6.08 Å². The summed E-state index contributed by atoms with van der Waals surface area (Å²) in [4.78, 5) is 3.07. The smallest absolute Gasteiger partial charge is 0.295 e. The first-order chi connectivity index (χ1) is 4.33. The quantitative estimate of drug-likeness (QED) is 0.380. The molecule has 0 aromatic heterocycles. The van der Waals surface area contributed by atoms with Gasteiger partial charge in [0.05, 0.1) is 6.42 Å². The second kappa shape index (κ2) is 4.04. The van der Waals surface area contributed by atoms with Crippen molar-refractivity contribution in [2.24, 2.45) is 0 Å². The molecule has 2 nitrogen and oxygen atoms in total. The Bertz CT molecular complexity index is 222. The summed E-state index contributed by atoms with van der Waals surface area (Å²) in [6.07, 6.45) is 6.52. The van der Waals surface area contributed by atoms with Crippen molar-refractivity contribution in [3.05, 3.63) is 29.3 Å². The zero-order valence-corrected chi connectivity index (χ0v) is 6.56. The Morgan fingerprint density at radius 3 is 2.60 bits per heavy atom. The Labute approximate surface area is 66.3 Å². The van der Waals surface area contributed by atoms with Gasteiger partial charge in [0.1, 0.15) is 0 Å². The normalized spacial score (nSPS) is 15.3. The topological polar surface area (TPSA) is 36.4 Å². The Morgan fingerprint density at radius 1 is 1.50 bits per heavy atom. The molecule has 10 heavy (non-hydrogen) atoms. The van der Waals surface area contributed by atoms with Gasteiger partial charge in [0.15, 0.2) is 0 Å². The van der Waals surface area contributed by atoms with Crippen LogP contribution < -0.4 is 0 Å². The Kier molecular flexibility index (Phi) is 3.70. The lowest BCUT2D eigenvalue weighted by Crippen LogP contribution is -1.96. The minimum Gasteiger partial charge on any atom is -0.361 e. The fourth-order valence-corrected chi connectivity index (χ4v) is 0.703. The lowest BCUT2D eigenvalue weighted by Gasteiger charge is -1.93. The molecule has 0 saturated carbocycles. The van der Waals surface area contributed by atoms with Gasteiger partial charge in [-0.3, -0.25) is 0 Å². The first kappa shape index (κ1) is 9.15. The van der Waals surface area contributed by atoms with Crippen molar-refractivity contribution in [2.45, 2.75) is 13.3 Å². The average molecular weight is 157 g/mol. The Balaban J connectivity index is 0.000000810. The van der Waals surface area contributed by atoms with E-state index in [9.17, 15) is 0 Å². The van der Waals surface area contributed by atoms with Crippen molar-refractivity contribution in [2.75, 3.05) is 0 Å². The number of hydrogen-bond acceptors (Lipinski definition) is 0. The lowest BCUT2D eigenvalue weighted by atomic mass is 10.1. The van der Waals surface area contributed by atoms with Crippen LogP contribution in [0.2, 0.25) is 0 Å². The average Bonchev–Trinajstić information content (AvgIpc) is 1.90. The lowest BCUT2D eigenvalue weighted by molar-refractivity contribution is -0.00540. The van der Waals surface area contributed by atoms with Gasteiger partial charge in [0.2, 0.25) is 0 Å². The predicted octanol–water partition coefficient (Wildman–Crippen LogP) is 1.99. The largest absolute Gasteiger partial charge is 0.361 e. The molecule has 0 unspecified atom stereocenters. The van der Waals surface area contributed by atoms with Crippen molar-refractivity contribution in [1.82, 2.24) is 0 Å². The Morgan fingerprint density at radius 2 is 2.20 bits per heavy atom. The molecule has 0 aromatic carbocycles. The molecule has 1 rings (SSSR count). The molecule has 0 amide bonds. The van der Waals surface area contributed by atoms with E-state index >= 15 is 0 Å². The molecule has 1 aliphatic carbocycles. The Hall–Kier alpha value is -0.850. The zero-order chi connectivity index (χ0) is 6.69. The first-order valence-corrected chi connectivity index (χ1v) is 2.88. The van der Waals surface area contributed by atoms with E-state index in [-0.39, 0.29) is 12.4 Å². The highest BCUT2D eigenvalue weighted by atomic mass is 35.5. The van der Waals surface area contributed by atoms with Gasteiger partial charge >= 0.3 is 0 Å². The molecule has 0 spiro atoms. The maximum absolute atomic E-state index is 8.28. The summed E-state index contributed by atoms with van der Waals surface area (Å²) in [5, 5.41) is 0. The van der Waals surface area contributed by atoms with Gasteiger partial charge in [-0.05, 0) is 6.92 Å². The van der Waals surface area contributed by atoms with E-state index in [1.807, 2.05) is 25.2 Å². The summed E-state index contributed by atoms with van der Waals surface area (Å²) in [7, 11) is 0. The molecule has 0 radical (unpaired) electrons. The molecule has 0 saturated heterocycles. The van der Waals surface area contributed by atoms with Crippen LogP contribution in [0, 0.1) is 0 Å². The van der Waals surface area contributed by atoms with E-state index in [0.29, 0.717) is 0 Å². The van der Waals surface area contributed by atoms with E-state index in [1.54, 1.807) is 0 Å². The highest BCUT2D eigenvalue weighted by Crippen LogP contribution is 2.04. The molecule has 1 aliphatic rings. The maximum atomic E-state index is 8.28. The summed E-state index contributed by atoms with van der Waals surface area (Å²) in [6.45, 7) is 2.02. The van der Waals surface area contributed by atoms with Crippen molar-refractivity contribution in [3.8, 4) is 0 Å². The highest BCUT2D eigenvalue weighted by Gasteiger charge is 2.03. The molecule has 0 aromatic rings. The molecular formula is C7H9ClN2. The minimum atomic E-state index is 0. The number of halogens is 1. The fourth-order valence-electron chi connectivity index (χ4n) is 0.703. The van der Waals surface area contributed by atoms with E-state index in [0.717, 1.165) is 12.1 Å². The van der Waals surface area contributed by atoms with E-state index in [4.69, 9.17) is 5.53 Å². The molecule has 3 heteroatoms. The third-order valence-corrected chi connectivity index (χ3v) is 1.30. The number of nitrogens with zero attached hydrogens (tertiary/aromatic N) is 2. The van der Waals surface area contributed by atoms with Gasteiger partial charge in [0.25, 0.3) is 5.71 Å². The molecule has 0 atom stereocenters. The summed E-state index contributed by atoms with van der Waals surface area (Å²) in [5.74, 6) is 0. The van der Waals surface area contributed by atoms with Crippen molar-refractivity contribution in [3.63, 3.8) is 0 Å². The first-order valence-electron chi connectivity index (χ1n) is 2.88. The molecule has 0 fully saturated rings. The van der Waals surface area contributed by atoms with Gasteiger partial charge in [-0.15, -0.1) is 12.4 Å². The van der Waals surface area contributed by atoms with Crippen LogP contribution in [0.1, 0.15) is 13.3 Å². The van der Waals surface area contributed by atoms with Crippen LogP contribution in [0.5, 0.6) is 0 Å². The van der Waals surface area contributed by atoms with Crippen molar-refractivity contribution >= 4 is 18.1 Å². The van der Waals surface area contributed by atoms with Crippen molar-refractivity contribution < 1.29 is 4.79 Å². The van der Waals surface area contributed by atoms with E-state index in [1.165, 1.54) is 5.57 Å². The minimum absolute atomic E-state index is 0. The van der Waals surface area contributed by atoms with Crippen LogP contribution in [-0.2, 0) is 0 Å². The molecule has 0 bridgehead atoms. The standard InChI is InChI=1S/C7H8N2.ClH/c1-6-2-4-7(9-8)5-3-6;/h2-4H,5H2,1H3;1H. The summed E-state index contributed by atoms with van der Waals surface area (Å²) in [6, 6.07) is 0. The van der Waals surface area contributed by atoms with E-state index < -0.39 is 0 Å². The van der Waals surface area contributed by atoms with Gasteiger partial charge in [-0.25, -0.2) is 0 Å². The monoisotopic (exact) mass is 156 g/mol. The summed E-state index contributed by atoms with van der Waals surface area (Å²) in [5.41, 5.74) is 10.2. The van der Waals surface area contributed by atoms with Crippen LogP contribution in [0.3, 0.4) is 0 Å². The molecule has 0 N–H and O–H groups in total. The fraction of sp³-hybridized carbons (Fsp3) is 0.286. The van der Waals surface area contributed by atoms with Gasteiger partial charge in [-0.2, -0.15) is 4.79 Å². The molecular weight excluding hydrogens is 148 g/mol. The van der Waals surface area contributed by atoms with Crippen LogP contribution >= 0.6 is 12.4 Å². The summed E-state index contributed by atoms with van der Waals surface area (Å²) >= 11 is 0. The second-order valence-electron chi connectivity index (χ2n) is 2.08. The third kappa shape index (κ3) is 2.18. The maximum Gasteiger partial charge on any atom is 0.295 e. The zero-order valence-electron chi connectivity index (χ0n) is 5.74. The van der Waals surface area contributed by atoms with E-state index in [2.05, 4.69) is 4.79 Å². The van der Waals surface area contributed by atoms with Crippen molar-refractivity contribution in [1.29, 1.82) is 0 Å². The van der Waals surface area contributed by atoms with Crippen LogP contribution in [0.15, 0.2) is 23.8 Å². The number of hydrogen-bond donors (Lipinski definition) is 0. The van der Waals surface area contributed by atoms with Crippen LogP contribution in [-0.4, -0.2) is 10.5 Å². The number of allylic oxidation sites excluding steroid dienone is 4.